The number of amides is 1. The summed E-state index contributed by atoms with van der Waals surface area (Å²) in [4.78, 5) is 14.8. The van der Waals surface area contributed by atoms with Crippen LogP contribution in [0.15, 0.2) is 0 Å². The number of nitrogens with two attached hydrogens (primary N) is 1. The Hall–Kier alpha value is -0.820. The maximum absolute atomic E-state index is 11.7. The Balaban J connectivity index is 4.09. The summed E-state index contributed by atoms with van der Waals surface area (Å²) in [7, 11) is 0.972. The lowest BCUT2D eigenvalue weighted by atomic mass is 10.5. The Kier molecular flexibility index (Phi) is 3.98. The Morgan fingerprint density at radius 1 is 1.58 bits per heavy atom. The van der Waals surface area contributed by atoms with Gasteiger partial charge in [0.05, 0.1) is 13.7 Å². The predicted octanol–water partition coefficient (Wildman–Crippen LogP) is -0.103. The van der Waals surface area contributed by atoms with Crippen molar-refractivity contribution in [2.75, 3.05) is 20.2 Å². The van der Waals surface area contributed by atoms with Crippen molar-refractivity contribution in [3.8, 4) is 0 Å². The highest BCUT2D eigenvalue weighted by Crippen LogP contribution is 2.16. The third kappa shape index (κ3) is 4.14. The topological polar surface area (TPSA) is 55.6 Å². The molecular weight excluding hydrogens is 177 g/mol. The first kappa shape index (κ1) is 11.2. The van der Waals surface area contributed by atoms with Gasteiger partial charge in [0.1, 0.15) is 6.54 Å². The first-order valence-corrected chi connectivity index (χ1v) is 3.02. The van der Waals surface area contributed by atoms with E-state index in [2.05, 4.69) is 4.84 Å². The molecule has 2 N–H and O–H groups in total. The summed E-state index contributed by atoms with van der Waals surface area (Å²) in [6.45, 7) is -1.95. The molecule has 0 bridgehead atoms. The van der Waals surface area contributed by atoms with Crippen molar-refractivity contribution in [3.63, 3.8) is 0 Å². The van der Waals surface area contributed by atoms with Gasteiger partial charge in [0, 0.05) is 0 Å². The van der Waals surface area contributed by atoms with Crippen LogP contribution in [-0.4, -0.2) is 37.3 Å². The van der Waals surface area contributed by atoms with Crippen molar-refractivity contribution in [1.29, 1.82) is 0 Å². The zero-order valence-corrected chi connectivity index (χ0v) is 6.39. The smallest absolute Gasteiger partial charge is 0.322 e. The van der Waals surface area contributed by atoms with Gasteiger partial charge in [-0.2, -0.15) is 13.2 Å². The normalized spacial score (nSPS) is 11.4. The quantitative estimate of drug-likeness (QED) is 0.626. The first-order valence-electron chi connectivity index (χ1n) is 3.02. The van der Waals surface area contributed by atoms with E-state index in [9.17, 15) is 18.0 Å². The van der Waals surface area contributed by atoms with E-state index in [0.717, 1.165) is 7.11 Å². The molecule has 0 aliphatic rings. The summed E-state index contributed by atoms with van der Waals surface area (Å²) in [5, 5.41) is 0.167. The average molecular weight is 186 g/mol. The minimum absolute atomic E-state index is 0.167. The molecule has 0 aliphatic carbocycles. The van der Waals surface area contributed by atoms with Crippen molar-refractivity contribution in [2.45, 2.75) is 6.18 Å². The number of hydroxylamine groups is 2. The fourth-order valence-corrected chi connectivity index (χ4v) is 0.519. The van der Waals surface area contributed by atoms with Gasteiger partial charge in [-0.25, -0.2) is 5.06 Å². The molecule has 4 nitrogen and oxygen atoms in total. The van der Waals surface area contributed by atoms with E-state index in [1.54, 1.807) is 0 Å². The summed E-state index contributed by atoms with van der Waals surface area (Å²) in [6.07, 6.45) is -4.47. The van der Waals surface area contributed by atoms with Crippen LogP contribution in [-0.2, 0) is 9.63 Å². The zero-order chi connectivity index (χ0) is 9.78. The standard InChI is InChI=1S/C5H9F3N2O2/c1-12-10(4(11)2-9)3-5(6,7)8/h2-3,9H2,1H3. The Bertz CT molecular complexity index is 159. The number of rotatable bonds is 3. The summed E-state index contributed by atoms with van der Waals surface area (Å²) in [5.41, 5.74) is 4.83. The lowest BCUT2D eigenvalue weighted by Gasteiger charge is -2.19. The molecule has 0 rings (SSSR count). The Labute approximate surface area is 67.0 Å². The molecule has 0 fully saturated rings. The van der Waals surface area contributed by atoms with E-state index >= 15 is 0 Å². The van der Waals surface area contributed by atoms with E-state index < -0.39 is 25.2 Å². The molecule has 0 aromatic heterocycles. The Morgan fingerprint density at radius 2 is 2.08 bits per heavy atom. The van der Waals surface area contributed by atoms with Gasteiger partial charge in [-0.05, 0) is 0 Å². The summed E-state index contributed by atoms with van der Waals surface area (Å²) < 4.78 is 35.0. The van der Waals surface area contributed by atoms with Crippen LogP contribution in [0.2, 0.25) is 0 Å². The van der Waals surface area contributed by atoms with Crippen molar-refractivity contribution < 1.29 is 22.8 Å². The summed E-state index contributed by atoms with van der Waals surface area (Å²) in [5.74, 6) is -0.908. The van der Waals surface area contributed by atoms with Gasteiger partial charge in [0.2, 0.25) is 0 Å². The van der Waals surface area contributed by atoms with Gasteiger partial charge in [0.15, 0.2) is 0 Å². The second-order valence-electron chi connectivity index (χ2n) is 1.93. The average Bonchev–Trinajstić information content (AvgIpc) is 1.97. The zero-order valence-electron chi connectivity index (χ0n) is 6.39. The van der Waals surface area contributed by atoms with E-state index in [0.29, 0.717) is 0 Å². The first-order chi connectivity index (χ1) is 5.40. The third-order valence-corrected chi connectivity index (χ3v) is 0.996. The SMILES string of the molecule is CON(CC(F)(F)F)C(=O)CN. The van der Waals surface area contributed by atoms with Crippen molar-refractivity contribution in [3.05, 3.63) is 0 Å². The van der Waals surface area contributed by atoms with E-state index in [-0.39, 0.29) is 5.06 Å². The molecule has 0 aromatic carbocycles. The number of hydrogen-bond acceptors (Lipinski definition) is 3. The molecular formula is C5H9F3N2O2. The molecule has 72 valence electrons. The number of alkyl halides is 3. The van der Waals surface area contributed by atoms with Gasteiger partial charge in [0.25, 0.3) is 5.91 Å². The van der Waals surface area contributed by atoms with Gasteiger partial charge < -0.3 is 5.73 Å². The monoisotopic (exact) mass is 186 g/mol. The van der Waals surface area contributed by atoms with E-state index in [4.69, 9.17) is 5.73 Å². The highest BCUT2D eigenvalue weighted by molar-refractivity contribution is 5.76. The summed E-state index contributed by atoms with van der Waals surface area (Å²) in [6, 6.07) is 0. The molecule has 0 atom stereocenters. The molecule has 0 aliphatic heterocycles. The fraction of sp³-hybridized carbons (Fsp3) is 0.800. The van der Waals surface area contributed by atoms with Crippen LogP contribution in [0, 0.1) is 0 Å². The van der Waals surface area contributed by atoms with Crippen molar-refractivity contribution in [2.24, 2.45) is 5.73 Å². The number of carbonyl (C=O) groups excluding carboxylic acids is 1. The number of hydrogen-bond donors (Lipinski definition) is 1. The Morgan fingerprint density at radius 3 is 2.33 bits per heavy atom. The molecule has 7 heteroatoms. The number of carbonyl (C=O) groups is 1. The lowest BCUT2D eigenvalue weighted by molar-refractivity contribution is -0.222. The van der Waals surface area contributed by atoms with E-state index in [1.165, 1.54) is 0 Å². The highest BCUT2D eigenvalue weighted by atomic mass is 19.4. The van der Waals surface area contributed by atoms with Crippen molar-refractivity contribution in [1.82, 2.24) is 5.06 Å². The van der Waals surface area contributed by atoms with Crippen LogP contribution < -0.4 is 5.73 Å². The molecule has 0 saturated carbocycles. The maximum Gasteiger partial charge on any atom is 0.408 e. The van der Waals surface area contributed by atoms with Crippen LogP contribution in [0.25, 0.3) is 0 Å². The van der Waals surface area contributed by atoms with Gasteiger partial charge in [-0.1, -0.05) is 0 Å². The minimum Gasteiger partial charge on any atom is -0.322 e. The third-order valence-electron chi connectivity index (χ3n) is 0.996. The largest absolute Gasteiger partial charge is 0.408 e. The van der Waals surface area contributed by atoms with E-state index in [1.807, 2.05) is 0 Å². The second-order valence-corrected chi connectivity index (χ2v) is 1.93. The molecule has 0 saturated heterocycles. The van der Waals surface area contributed by atoms with Crippen LogP contribution >= 0.6 is 0 Å². The van der Waals surface area contributed by atoms with Crippen LogP contribution in [0.4, 0.5) is 13.2 Å². The highest BCUT2D eigenvalue weighted by Gasteiger charge is 2.33. The van der Waals surface area contributed by atoms with Gasteiger partial charge in [-0.3, -0.25) is 9.63 Å². The van der Waals surface area contributed by atoms with Crippen molar-refractivity contribution >= 4 is 5.91 Å². The molecule has 12 heavy (non-hydrogen) atoms. The second kappa shape index (κ2) is 4.27. The van der Waals surface area contributed by atoms with Crippen LogP contribution in [0.1, 0.15) is 0 Å². The molecule has 0 heterocycles. The maximum atomic E-state index is 11.7. The molecule has 0 aromatic rings. The number of halogens is 3. The molecule has 0 unspecified atom stereocenters. The summed E-state index contributed by atoms with van der Waals surface area (Å²) >= 11 is 0. The lowest BCUT2D eigenvalue weighted by Crippen LogP contribution is -2.41. The van der Waals surface area contributed by atoms with Crippen LogP contribution in [0.5, 0.6) is 0 Å². The minimum atomic E-state index is -4.47. The fourth-order valence-electron chi connectivity index (χ4n) is 0.519. The van der Waals surface area contributed by atoms with Gasteiger partial charge >= 0.3 is 6.18 Å². The molecule has 0 spiro atoms. The molecule has 0 radical (unpaired) electrons. The van der Waals surface area contributed by atoms with Crippen LogP contribution in [0.3, 0.4) is 0 Å². The predicted molar refractivity (Wildman–Crippen MR) is 33.8 cm³/mol. The molecule has 1 amide bonds. The van der Waals surface area contributed by atoms with Gasteiger partial charge in [-0.15, -0.1) is 0 Å². The number of nitrogens with zero attached hydrogens (tertiary/aromatic N) is 1.